The van der Waals surface area contributed by atoms with Gasteiger partial charge in [0.05, 0.1) is 40.9 Å². The van der Waals surface area contributed by atoms with Crippen LogP contribution in [0.4, 0.5) is 41.6 Å². The highest BCUT2D eigenvalue weighted by atomic mass is 127. The molecule has 2 heterocycles. The third kappa shape index (κ3) is 37.3. The maximum Gasteiger partial charge on any atom is 0.417 e. The van der Waals surface area contributed by atoms with E-state index in [1.54, 1.807) is 115 Å². The summed E-state index contributed by atoms with van der Waals surface area (Å²) in [6.07, 6.45) is -7.96. The van der Waals surface area contributed by atoms with Gasteiger partial charge in [-0.15, -0.1) is 0 Å². The molecular weight excluding hydrogens is 2020 g/mol. The van der Waals surface area contributed by atoms with E-state index in [4.69, 9.17) is 36.3 Å². The number of carbonyl (C=O) groups is 6. The normalized spacial score (nSPS) is 13.1. The summed E-state index contributed by atoms with van der Waals surface area (Å²) in [7, 11) is 3.44. The lowest BCUT2D eigenvalue weighted by atomic mass is 10.2. The van der Waals surface area contributed by atoms with Gasteiger partial charge in [0.1, 0.15) is 12.2 Å². The number of benzene rings is 7. The first kappa shape index (κ1) is 88.4. The van der Waals surface area contributed by atoms with E-state index in [1.807, 2.05) is 113 Å². The topological polar surface area (TPSA) is 240 Å². The van der Waals surface area contributed by atoms with Crippen LogP contribution in [0, 0.1) is 25.0 Å². The van der Waals surface area contributed by atoms with E-state index < -0.39 is 41.4 Å². The fourth-order valence-corrected chi connectivity index (χ4v) is 9.29. The molecule has 90 heavy (non-hydrogen) atoms. The van der Waals surface area contributed by atoms with E-state index in [0.29, 0.717) is 29.8 Å². The van der Waals surface area contributed by atoms with Crippen molar-refractivity contribution in [1.29, 1.82) is 0 Å². The Morgan fingerprint density at radius 2 is 0.922 bits per heavy atom. The monoisotopic (exact) mass is 2080 g/mol. The number of ether oxygens (including phenoxy) is 2. The number of halogens is 13. The third-order valence-electron chi connectivity index (χ3n) is 10.6. The molecule has 0 spiro atoms. The van der Waals surface area contributed by atoms with Gasteiger partial charge >= 0.3 is 42.4 Å². The number of ketones is 1. The molecule has 0 saturated carbocycles. The summed E-state index contributed by atoms with van der Waals surface area (Å²) in [5.74, 6) is -2.50. The Morgan fingerprint density at radius 3 is 1.20 bits per heavy atom. The molecule has 7 aromatic carbocycles. The summed E-state index contributed by atoms with van der Waals surface area (Å²) in [6, 6.07) is 46.2. The number of Topliss-reactive ketones (excluding diaryl/α,β-unsaturated/α-hetero) is 1. The second kappa shape index (κ2) is 46.4. The molecule has 0 radical (unpaired) electrons. The van der Waals surface area contributed by atoms with Crippen LogP contribution >= 0.6 is 185 Å². The summed E-state index contributed by atoms with van der Waals surface area (Å²) in [4.78, 5) is 66.2. The van der Waals surface area contributed by atoms with E-state index in [0.717, 1.165) is 63.8 Å². The van der Waals surface area contributed by atoms with Crippen LogP contribution in [-0.2, 0) is 21.8 Å². The number of nitrogen functional groups attached to an aromatic ring is 1. The number of amides is 2. The second-order valence-corrected chi connectivity index (χ2v) is 25.9. The number of nitrogens with two attached hydrogens (primary N) is 2. The van der Waals surface area contributed by atoms with Crippen molar-refractivity contribution in [1.82, 2.24) is 9.80 Å². The fraction of sp³-hybridized carbons (Fsp3) is 0.200. The number of anilines is 1. The van der Waals surface area contributed by atoms with Gasteiger partial charge < -0.3 is 46.1 Å². The van der Waals surface area contributed by atoms with Gasteiger partial charge in [0.15, 0.2) is 5.78 Å². The first-order valence-corrected chi connectivity index (χ1v) is 32.6. The first-order valence-electron chi connectivity index (χ1n) is 25.0. The Hall–Kier alpha value is -3.69. The molecule has 0 aliphatic carbocycles. The average Bonchev–Trinajstić information content (AvgIpc) is 4.20. The number of alkyl halides is 6. The van der Waals surface area contributed by atoms with Gasteiger partial charge in [-0.3, -0.25) is 4.79 Å². The molecule has 2 aliphatic heterocycles. The van der Waals surface area contributed by atoms with Crippen molar-refractivity contribution >= 4 is 227 Å². The summed E-state index contributed by atoms with van der Waals surface area (Å²) in [5.41, 5.74) is 12.3. The highest BCUT2D eigenvalue weighted by molar-refractivity contribution is 14.1. The number of cyclic esters (lactones) is 2. The molecule has 30 heteroatoms. The van der Waals surface area contributed by atoms with Gasteiger partial charge in [0.25, 0.3) is 0 Å². The van der Waals surface area contributed by atoms with Crippen LogP contribution in [0.15, 0.2) is 170 Å². The lowest BCUT2D eigenvalue weighted by molar-refractivity contribution is -0.138. The van der Waals surface area contributed by atoms with Gasteiger partial charge in [0.2, 0.25) is 0 Å². The van der Waals surface area contributed by atoms with Crippen molar-refractivity contribution in [3.05, 3.63) is 228 Å². The molecule has 2 saturated heterocycles. The Balaban J connectivity index is 0. The maximum absolute atomic E-state index is 12.0. The Morgan fingerprint density at radius 1 is 0.511 bits per heavy atom. The first-order chi connectivity index (χ1) is 41.1. The number of para-hydroxylation sites is 1. The molecule has 0 unspecified atom stereocenters. The maximum atomic E-state index is 12.0. The summed E-state index contributed by atoms with van der Waals surface area (Å²) in [5, 5.41) is 25.5. The summed E-state index contributed by atoms with van der Waals surface area (Å²) >= 11 is 14.2. The molecule has 2 aliphatic rings. The van der Waals surface area contributed by atoms with Crippen molar-refractivity contribution in [2.75, 3.05) is 39.5 Å². The Kier molecular flexibility index (Phi) is 45.6. The summed E-state index contributed by atoms with van der Waals surface area (Å²) in [6.45, 7) is 5.36. The van der Waals surface area contributed by atoms with E-state index in [9.17, 15) is 55.1 Å². The number of carbonyl (C=O) groups excluding carboxylic acids is 3. The predicted molar refractivity (Wildman–Crippen MR) is 405 cm³/mol. The van der Waals surface area contributed by atoms with Crippen LogP contribution in [0.2, 0.25) is 0 Å². The quantitative estimate of drug-likeness (QED) is 0.0451. The summed E-state index contributed by atoms with van der Waals surface area (Å²) < 4.78 is 87.6. The predicted octanol–water partition coefficient (Wildman–Crippen LogP) is 17.4. The number of rotatable bonds is 6. The number of hydrogen-bond acceptors (Lipinski definition) is 10. The van der Waals surface area contributed by atoms with Gasteiger partial charge in [0, 0.05) is 56.9 Å². The molecule has 0 aromatic heterocycles. The molecule has 7 aromatic rings. The SMILES string of the molecule is CC(=O)c1ccc(I)cc1.CC[C@H]1CN(C)C(=O)O1.CN1C[C@H](CN)OC1=O.FC(F)(F)c1ccc(I)cc1.FC(F)(F)c1ccccc1I.Nc1ccccc1I.O=C(O)c1ccc(I)cc1.O=C(O)c1cccc(I)c1.O=C(O)c1ccccc1I.S.S. The van der Waals surface area contributed by atoms with Crippen LogP contribution in [0.5, 0.6) is 0 Å². The highest BCUT2D eigenvalue weighted by Crippen LogP contribution is 2.32. The standard InChI is InChI=1S/C8H7IO.2C7H4F3I.3C7H5IO2.C6H6IN.C6H11NO2.C5H10N2O2.2H2S/c1-6(10)7-2-4-8(9)5-3-7;8-7(9,10)5-1-3-6(11)4-2-5;8-7(9,10)5-3-1-2-4-6(5)11;8-6-3-1-5(2-4-6)7(9)10;8-6-3-1-2-5(4-6)7(9)10;8-6-4-2-1-3-5(6)7(9)10;7-5-3-1-2-4-6(5)8;1-3-5-4-7(2)6(8)9-5;1-7-3-4(2-6)9-5(7)8;;/h2-5H,1H3;2*1-4H;3*1-4H,(H,9,10);1-4H,8H2;5H,3-4H2,1-2H3;4H,2-3,6H2,1H3;2*1H2/t;;;;;;;5-;4-;;/m.......00../s1. The lowest BCUT2D eigenvalue weighted by Crippen LogP contribution is -2.24. The van der Waals surface area contributed by atoms with Gasteiger partial charge in [-0.1, -0.05) is 61.5 Å². The molecule has 490 valence electrons. The number of nitrogens with zero attached hydrogens (tertiary/aromatic N) is 2. The molecule has 2 fully saturated rings. The van der Waals surface area contributed by atoms with Gasteiger partial charge in [-0.05, 0) is 287 Å². The van der Waals surface area contributed by atoms with Crippen molar-refractivity contribution < 1.29 is 79.9 Å². The molecule has 2 atom stereocenters. The van der Waals surface area contributed by atoms with E-state index in [-0.39, 0.29) is 60.7 Å². The van der Waals surface area contributed by atoms with Gasteiger partial charge in [-0.25, -0.2) is 24.0 Å². The largest absolute Gasteiger partial charge is 0.478 e. The smallest absolute Gasteiger partial charge is 0.417 e. The minimum absolute atomic E-state index is 0. The third-order valence-corrected chi connectivity index (χ3v) is 16.3. The van der Waals surface area contributed by atoms with Crippen LogP contribution in [0.1, 0.15) is 72.8 Å². The minimum atomic E-state index is -4.22. The molecule has 0 bridgehead atoms. The molecule has 15 nitrogen and oxygen atoms in total. The molecule has 2 amide bonds. The Labute approximate surface area is 626 Å². The zero-order valence-corrected chi connectivity index (χ0v) is 64.8. The van der Waals surface area contributed by atoms with Crippen LogP contribution in [-0.4, -0.2) is 107 Å². The van der Waals surface area contributed by atoms with E-state index in [2.05, 4.69) is 90.4 Å². The van der Waals surface area contributed by atoms with E-state index >= 15 is 0 Å². The van der Waals surface area contributed by atoms with Crippen molar-refractivity contribution in [2.24, 2.45) is 5.73 Å². The molecule has 9 rings (SSSR count). The zero-order valence-electron chi connectivity index (χ0n) is 47.7. The minimum Gasteiger partial charge on any atom is -0.478 e. The number of hydrogen-bond donors (Lipinski definition) is 5. The number of carboxylic acids is 3. The zero-order chi connectivity index (χ0) is 66.9. The molecule has 7 N–H and O–H groups in total. The van der Waals surface area contributed by atoms with Crippen LogP contribution < -0.4 is 11.5 Å². The van der Waals surface area contributed by atoms with Crippen molar-refractivity contribution in [3.8, 4) is 0 Å². The van der Waals surface area contributed by atoms with Crippen LogP contribution in [0.3, 0.4) is 0 Å². The van der Waals surface area contributed by atoms with Crippen molar-refractivity contribution in [3.63, 3.8) is 0 Å². The van der Waals surface area contributed by atoms with Gasteiger partial charge in [-0.2, -0.15) is 53.3 Å². The number of likely N-dealkylation sites (N-methyl/N-ethyl adjacent to an activating group) is 2. The molecular formula is C60H61F6I7N4O11S2. The number of carboxylic acid groups (broad SMARTS) is 3. The highest BCUT2D eigenvalue weighted by Gasteiger charge is 2.32. The van der Waals surface area contributed by atoms with Crippen LogP contribution in [0.25, 0.3) is 0 Å². The lowest BCUT2D eigenvalue weighted by Gasteiger charge is -2.07. The van der Waals surface area contributed by atoms with Crippen molar-refractivity contribution in [2.45, 2.75) is 44.8 Å². The van der Waals surface area contributed by atoms with E-state index in [1.165, 1.54) is 29.2 Å². The number of aromatic carboxylic acids is 3. The second-order valence-electron chi connectivity index (χ2n) is 17.4. The fourth-order valence-electron chi connectivity index (χ4n) is 5.97. The average molecular weight is 2080 g/mol. The Bertz CT molecular complexity index is 3220.